The van der Waals surface area contributed by atoms with Gasteiger partial charge in [-0.15, -0.1) is 11.3 Å². The fourth-order valence-electron chi connectivity index (χ4n) is 2.02. The lowest BCUT2D eigenvalue weighted by atomic mass is 10.2. The van der Waals surface area contributed by atoms with E-state index >= 15 is 0 Å². The van der Waals surface area contributed by atoms with Gasteiger partial charge in [-0.1, -0.05) is 34.1 Å². The standard InChI is InChI=1S/C17H13BrN2O2S/c1-22-14-4-2-3-12(9-14)16(21)20-17-19-15(10-23-17)11-5-7-13(18)8-6-11/h2-10H,1H3,(H,19,20,21). The summed E-state index contributed by atoms with van der Waals surface area (Å²) < 4.78 is 6.15. The van der Waals surface area contributed by atoms with Crippen molar-refractivity contribution >= 4 is 38.3 Å². The molecule has 116 valence electrons. The fourth-order valence-corrected chi connectivity index (χ4v) is 3.00. The van der Waals surface area contributed by atoms with E-state index in [1.54, 1.807) is 31.4 Å². The number of thiazole rings is 1. The summed E-state index contributed by atoms with van der Waals surface area (Å²) in [6.07, 6.45) is 0. The summed E-state index contributed by atoms with van der Waals surface area (Å²) in [6.45, 7) is 0. The number of carbonyl (C=O) groups is 1. The maximum atomic E-state index is 12.3. The zero-order valence-corrected chi connectivity index (χ0v) is 14.6. The molecule has 1 amide bonds. The number of nitrogens with one attached hydrogen (secondary N) is 1. The van der Waals surface area contributed by atoms with Crippen molar-refractivity contribution in [3.05, 3.63) is 63.9 Å². The number of hydrogen-bond acceptors (Lipinski definition) is 4. The van der Waals surface area contributed by atoms with Gasteiger partial charge in [0.1, 0.15) is 5.75 Å². The highest BCUT2D eigenvalue weighted by Gasteiger charge is 2.10. The van der Waals surface area contributed by atoms with E-state index in [1.165, 1.54) is 11.3 Å². The molecule has 3 rings (SSSR count). The average molecular weight is 389 g/mol. The highest BCUT2D eigenvalue weighted by atomic mass is 79.9. The highest BCUT2D eigenvalue weighted by Crippen LogP contribution is 2.26. The molecule has 0 atom stereocenters. The van der Waals surface area contributed by atoms with E-state index < -0.39 is 0 Å². The lowest BCUT2D eigenvalue weighted by Gasteiger charge is -2.04. The van der Waals surface area contributed by atoms with Gasteiger partial charge in [-0.25, -0.2) is 4.98 Å². The molecule has 0 fully saturated rings. The number of benzene rings is 2. The summed E-state index contributed by atoms with van der Waals surface area (Å²) in [5.74, 6) is 0.438. The largest absolute Gasteiger partial charge is 0.497 e. The first kappa shape index (κ1) is 15.7. The van der Waals surface area contributed by atoms with Crippen LogP contribution in [0.25, 0.3) is 11.3 Å². The number of methoxy groups -OCH3 is 1. The molecule has 0 bridgehead atoms. The predicted octanol–water partition coefficient (Wildman–Crippen LogP) is 4.83. The monoisotopic (exact) mass is 388 g/mol. The third kappa shape index (κ3) is 3.78. The molecule has 2 aromatic carbocycles. The van der Waals surface area contributed by atoms with Crippen LogP contribution in [0, 0.1) is 0 Å². The van der Waals surface area contributed by atoms with Gasteiger partial charge in [-0.05, 0) is 30.3 Å². The molecule has 0 spiro atoms. The van der Waals surface area contributed by atoms with Crippen molar-refractivity contribution in [2.75, 3.05) is 12.4 Å². The van der Waals surface area contributed by atoms with E-state index in [-0.39, 0.29) is 5.91 Å². The molecule has 0 saturated carbocycles. The molecule has 23 heavy (non-hydrogen) atoms. The summed E-state index contributed by atoms with van der Waals surface area (Å²) in [7, 11) is 1.57. The van der Waals surface area contributed by atoms with Crippen molar-refractivity contribution in [2.24, 2.45) is 0 Å². The van der Waals surface area contributed by atoms with Crippen LogP contribution in [0.2, 0.25) is 0 Å². The second kappa shape index (κ2) is 6.93. The normalized spacial score (nSPS) is 10.3. The van der Waals surface area contributed by atoms with Crippen LogP contribution in [0.15, 0.2) is 58.4 Å². The minimum Gasteiger partial charge on any atom is -0.497 e. The Balaban J connectivity index is 1.75. The molecule has 6 heteroatoms. The van der Waals surface area contributed by atoms with Crippen LogP contribution < -0.4 is 10.1 Å². The molecular weight excluding hydrogens is 376 g/mol. The number of halogens is 1. The van der Waals surface area contributed by atoms with Crippen LogP contribution >= 0.6 is 27.3 Å². The van der Waals surface area contributed by atoms with Gasteiger partial charge in [0.25, 0.3) is 5.91 Å². The van der Waals surface area contributed by atoms with Crippen LogP contribution in [0.5, 0.6) is 5.75 Å². The maximum Gasteiger partial charge on any atom is 0.257 e. The number of anilines is 1. The summed E-state index contributed by atoms with van der Waals surface area (Å²) in [6, 6.07) is 14.9. The Morgan fingerprint density at radius 3 is 2.74 bits per heavy atom. The van der Waals surface area contributed by atoms with Crippen molar-refractivity contribution in [1.82, 2.24) is 4.98 Å². The van der Waals surface area contributed by atoms with Gasteiger partial charge in [0.15, 0.2) is 5.13 Å². The molecule has 0 radical (unpaired) electrons. The van der Waals surface area contributed by atoms with Crippen molar-refractivity contribution in [3.63, 3.8) is 0 Å². The van der Waals surface area contributed by atoms with Gasteiger partial charge in [0.2, 0.25) is 0 Å². The Hall–Kier alpha value is -2.18. The van der Waals surface area contributed by atoms with E-state index in [2.05, 4.69) is 26.2 Å². The van der Waals surface area contributed by atoms with Gasteiger partial charge in [-0.3, -0.25) is 10.1 Å². The Morgan fingerprint density at radius 1 is 1.22 bits per heavy atom. The first-order valence-electron chi connectivity index (χ1n) is 6.82. The van der Waals surface area contributed by atoms with Gasteiger partial charge in [-0.2, -0.15) is 0 Å². The SMILES string of the molecule is COc1cccc(C(=O)Nc2nc(-c3ccc(Br)cc3)cs2)c1. The molecule has 0 saturated heterocycles. The van der Waals surface area contributed by atoms with Crippen LogP contribution in [0.1, 0.15) is 10.4 Å². The first-order valence-corrected chi connectivity index (χ1v) is 8.50. The minimum absolute atomic E-state index is 0.208. The molecule has 1 aromatic heterocycles. The number of ether oxygens (including phenoxy) is 1. The quantitative estimate of drug-likeness (QED) is 0.695. The molecule has 4 nitrogen and oxygen atoms in total. The molecular formula is C17H13BrN2O2S. The van der Waals surface area contributed by atoms with Gasteiger partial charge in [0, 0.05) is 21.0 Å². The number of rotatable bonds is 4. The third-order valence-electron chi connectivity index (χ3n) is 3.20. The van der Waals surface area contributed by atoms with E-state index in [1.807, 2.05) is 29.6 Å². The van der Waals surface area contributed by atoms with Crippen LogP contribution in [0.4, 0.5) is 5.13 Å². The van der Waals surface area contributed by atoms with Crippen molar-refractivity contribution in [2.45, 2.75) is 0 Å². The Labute approximate surface area is 146 Å². The second-order valence-electron chi connectivity index (χ2n) is 4.73. The van der Waals surface area contributed by atoms with Gasteiger partial charge < -0.3 is 4.74 Å². The summed E-state index contributed by atoms with van der Waals surface area (Å²) in [5.41, 5.74) is 2.37. The van der Waals surface area contributed by atoms with E-state index in [0.29, 0.717) is 16.4 Å². The lowest BCUT2D eigenvalue weighted by molar-refractivity contribution is 0.102. The van der Waals surface area contributed by atoms with Gasteiger partial charge >= 0.3 is 0 Å². The predicted molar refractivity (Wildman–Crippen MR) is 96.2 cm³/mol. The van der Waals surface area contributed by atoms with Crippen LogP contribution in [0.3, 0.4) is 0 Å². The Morgan fingerprint density at radius 2 is 2.00 bits per heavy atom. The number of amides is 1. The molecule has 1 heterocycles. The van der Waals surface area contributed by atoms with Crippen LogP contribution in [-0.4, -0.2) is 18.0 Å². The maximum absolute atomic E-state index is 12.3. The zero-order chi connectivity index (χ0) is 16.2. The van der Waals surface area contributed by atoms with E-state index in [9.17, 15) is 4.79 Å². The molecule has 0 aliphatic carbocycles. The third-order valence-corrected chi connectivity index (χ3v) is 4.48. The minimum atomic E-state index is -0.208. The smallest absolute Gasteiger partial charge is 0.257 e. The zero-order valence-electron chi connectivity index (χ0n) is 12.2. The van der Waals surface area contributed by atoms with E-state index in [0.717, 1.165) is 15.7 Å². The Kier molecular flexibility index (Phi) is 4.73. The highest BCUT2D eigenvalue weighted by molar-refractivity contribution is 9.10. The van der Waals surface area contributed by atoms with Crippen LogP contribution in [-0.2, 0) is 0 Å². The number of hydrogen-bond donors (Lipinski definition) is 1. The molecule has 0 aliphatic rings. The molecule has 3 aromatic rings. The van der Waals surface area contributed by atoms with Crippen molar-refractivity contribution in [3.8, 4) is 17.0 Å². The first-order chi connectivity index (χ1) is 11.2. The fraction of sp³-hybridized carbons (Fsp3) is 0.0588. The van der Waals surface area contributed by atoms with Crippen molar-refractivity contribution in [1.29, 1.82) is 0 Å². The molecule has 1 N–H and O–H groups in total. The summed E-state index contributed by atoms with van der Waals surface area (Å²) >= 11 is 4.80. The number of nitrogens with zero attached hydrogens (tertiary/aromatic N) is 1. The number of aromatic nitrogens is 1. The lowest BCUT2D eigenvalue weighted by Crippen LogP contribution is -2.11. The average Bonchev–Trinajstić information content (AvgIpc) is 3.04. The van der Waals surface area contributed by atoms with E-state index in [4.69, 9.17) is 4.74 Å². The number of carbonyl (C=O) groups excluding carboxylic acids is 1. The van der Waals surface area contributed by atoms with Gasteiger partial charge in [0.05, 0.1) is 12.8 Å². The second-order valence-corrected chi connectivity index (χ2v) is 6.50. The van der Waals surface area contributed by atoms with Crippen molar-refractivity contribution < 1.29 is 9.53 Å². The molecule has 0 aliphatic heterocycles. The molecule has 0 unspecified atom stereocenters. The summed E-state index contributed by atoms with van der Waals surface area (Å²) in [4.78, 5) is 16.7. The summed E-state index contributed by atoms with van der Waals surface area (Å²) in [5, 5.41) is 5.30. The topological polar surface area (TPSA) is 51.2 Å². The Bertz CT molecular complexity index is 831.